The SMILES string of the molecule is Cc1nc([C@H]2CCCN(S(=O)(=O)c3c(C)noc3C)C2)nc2c1CCCN2C. The van der Waals surface area contributed by atoms with E-state index in [0.29, 0.717) is 24.5 Å². The van der Waals surface area contributed by atoms with Crippen LogP contribution in [0.2, 0.25) is 0 Å². The van der Waals surface area contributed by atoms with Crippen LogP contribution in [0.4, 0.5) is 5.82 Å². The fourth-order valence-corrected chi connectivity index (χ4v) is 6.15. The number of aromatic nitrogens is 3. The van der Waals surface area contributed by atoms with Crippen molar-refractivity contribution in [2.75, 3.05) is 31.6 Å². The van der Waals surface area contributed by atoms with Gasteiger partial charge in [0.05, 0.1) is 0 Å². The lowest BCUT2D eigenvalue weighted by Gasteiger charge is -2.33. The van der Waals surface area contributed by atoms with Gasteiger partial charge in [0.25, 0.3) is 0 Å². The fraction of sp³-hybridized carbons (Fsp3) is 0.632. The van der Waals surface area contributed by atoms with E-state index in [1.54, 1.807) is 13.8 Å². The van der Waals surface area contributed by atoms with Crippen LogP contribution in [0.25, 0.3) is 0 Å². The van der Waals surface area contributed by atoms with Crippen LogP contribution in [0.1, 0.15) is 53.7 Å². The lowest BCUT2D eigenvalue weighted by Crippen LogP contribution is -2.40. The highest BCUT2D eigenvalue weighted by molar-refractivity contribution is 7.89. The monoisotopic (exact) mass is 405 g/mol. The molecule has 8 nitrogen and oxygen atoms in total. The number of piperidine rings is 1. The summed E-state index contributed by atoms with van der Waals surface area (Å²) < 4.78 is 33.0. The fourth-order valence-electron chi connectivity index (χ4n) is 4.34. The van der Waals surface area contributed by atoms with Crippen LogP contribution in [0, 0.1) is 20.8 Å². The van der Waals surface area contributed by atoms with Gasteiger partial charge in [-0.25, -0.2) is 18.4 Å². The van der Waals surface area contributed by atoms with E-state index in [1.807, 2.05) is 6.92 Å². The maximum atomic E-state index is 13.2. The molecule has 4 rings (SSSR count). The second-order valence-electron chi connectivity index (χ2n) is 7.85. The minimum absolute atomic E-state index is 0.0108. The summed E-state index contributed by atoms with van der Waals surface area (Å²) in [5.41, 5.74) is 2.63. The molecule has 9 heteroatoms. The first kappa shape index (κ1) is 19.3. The highest BCUT2D eigenvalue weighted by Gasteiger charge is 2.36. The topological polar surface area (TPSA) is 92.4 Å². The molecule has 28 heavy (non-hydrogen) atoms. The number of nitrogens with zero attached hydrogens (tertiary/aromatic N) is 5. The predicted molar refractivity (Wildman–Crippen MR) is 105 cm³/mol. The first-order valence-electron chi connectivity index (χ1n) is 9.80. The molecule has 0 amide bonds. The normalized spacial score (nSPS) is 21.0. The zero-order chi connectivity index (χ0) is 20.1. The smallest absolute Gasteiger partial charge is 0.248 e. The van der Waals surface area contributed by atoms with Crippen molar-refractivity contribution in [2.45, 2.75) is 57.3 Å². The summed E-state index contributed by atoms with van der Waals surface area (Å²) in [6.07, 6.45) is 3.78. The first-order valence-corrected chi connectivity index (χ1v) is 11.2. The van der Waals surface area contributed by atoms with E-state index in [4.69, 9.17) is 14.5 Å². The van der Waals surface area contributed by atoms with Crippen molar-refractivity contribution in [2.24, 2.45) is 0 Å². The summed E-state index contributed by atoms with van der Waals surface area (Å²) in [4.78, 5) is 12.0. The molecule has 0 aliphatic carbocycles. The Hall–Kier alpha value is -2.00. The Morgan fingerprint density at radius 1 is 1.07 bits per heavy atom. The van der Waals surface area contributed by atoms with Gasteiger partial charge < -0.3 is 9.42 Å². The zero-order valence-corrected chi connectivity index (χ0v) is 17.7. The number of anilines is 1. The van der Waals surface area contributed by atoms with E-state index in [0.717, 1.165) is 49.6 Å². The third-order valence-electron chi connectivity index (χ3n) is 5.81. The molecule has 0 radical (unpaired) electrons. The number of hydrogen-bond donors (Lipinski definition) is 0. The largest absolute Gasteiger partial charge is 0.360 e. The molecule has 2 aliphatic heterocycles. The van der Waals surface area contributed by atoms with Crippen molar-refractivity contribution in [3.63, 3.8) is 0 Å². The number of rotatable bonds is 3. The van der Waals surface area contributed by atoms with Gasteiger partial charge in [0, 0.05) is 43.9 Å². The Kier molecular flexibility index (Phi) is 4.91. The van der Waals surface area contributed by atoms with Crippen molar-refractivity contribution in [3.05, 3.63) is 28.5 Å². The highest BCUT2D eigenvalue weighted by Crippen LogP contribution is 2.33. The van der Waals surface area contributed by atoms with Gasteiger partial charge in [0.2, 0.25) is 10.0 Å². The van der Waals surface area contributed by atoms with E-state index in [9.17, 15) is 8.42 Å². The van der Waals surface area contributed by atoms with Crippen molar-refractivity contribution < 1.29 is 12.9 Å². The molecular formula is C19H27N5O3S. The lowest BCUT2D eigenvalue weighted by molar-refractivity contribution is 0.308. The Labute approximate surface area is 166 Å². The minimum Gasteiger partial charge on any atom is -0.360 e. The molecule has 0 spiro atoms. The number of fused-ring (bicyclic) bond motifs is 1. The molecule has 1 fully saturated rings. The summed E-state index contributed by atoms with van der Waals surface area (Å²) in [5.74, 6) is 2.08. The van der Waals surface area contributed by atoms with Crippen LogP contribution in [0.15, 0.2) is 9.42 Å². The van der Waals surface area contributed by atoms with Crippen LogP contribution in [0.5, 0.6) is 0 Å². The maximum Gasteiger partial charge on any atom is 0.248 e. The van der Waals surface area contributed by atoms with Gasteiger partial charge in [0.15, 0.2) is 5.76 Å². The third kappa shape index (κ3) is 3.20. The molecule has 2 aliphatic rings. The molecule has 0 N–H and O–H groups in total. The Bertz CT molecular complexity index is 982. The second-order valence-corrected chi connectivity index (χ2v) is 9.72. The van der Waals surface area contributed by atoms with Gasteiger partial charge >= 0.3 is 0 Å². The Morgan fingerprint density at radius 3 is 2.57 bits per heavy atom. The molecule has 1 atom stereocenters. The first-order chi connectivity index (χ1) is 13.3. The van der Waals surface area contributed by atoms with Gasteiger partial charge in [-0.15, -0.1) is 0 Å². The predicted octanol–water partition coefficient (Wildman–Crippen LogP) is 2.34. The highest BCUT2D eigenvalue weighted by atomic mass is 32.2. The molecule has 0 unspecified atom stereocenters. The van der Waals surface area contributed by atoms with E-state index < -0.39 is 10.0 Å². The van der Waals surface area contributed by atoms with Gasteiger partial charge in [-0.05, 0) is 46.5 Å². The molecule has 2 aromatic rings. The summed E-state index contributed by atoms with van der Waals surface area (Å²) in [6, 6.07) is 0. The average molecular weight is 406 g/mol. The Morgan fingerprint density at radius 2 is 1.86 bits per heavy atom. The molecule has 152 valence electrons. The van der Waals surface area contributed by atoms with E-state index >= 15 is 0 Å². The summed E-state index contributed by atoms with van der Waals surface area (Å²) in [7, 11) is -1.59. The van der Waals surface area contributed by atoms with Crippen molar-refractivity contribution in [1.29, 1.82) is 0 Å². The molecule has 0 bridgehead atoms. The van der Waals surface area contributed by atoms with Gasteiger partial charge in [0.1, 0.15) is 22.2 Å². The molecule has 1 saturated heterocycles. The number of sulfonamides is 1. The molecule has 2 aromatic heterocycles. The third-order valence-corrected chi connectivity index (χ3v) is 7.92. The van der Waals surface area contributed by atoms with Crippen LogP contribution in [-0.2, 0) is 16.4 Å². The van der Waals surface area contributed by atoms with E-state index in [2.05, 4.69) is 17.1 Å². The van der Waals surface area contributed by atoms with Crippen molar-refractivity contribution in [1.82, 2.24) is 19.4 Å². The van der Waals surface area contributed by atoms with Gasteiger partial charge in [-0.3, -0.25) is 0 Å². The number of hydrogen-bond acceptors (Lipinski definition) is 7. The van der Waals surface area contributed by atoms with Crippen LogP contribution in [0.3, 0.4) is 0 Å². The zero-order valence-electron chi connectivity index (χ0n) is 16.9. The van der Waals surface area contributed by atoms with Gasteiger partial charge in [-0.2, -0.15) is 4.31 Å². The standard InChI is InChI=1S/C19H27N5O3S/c1-12-16-8-6-9-23(4)19(16)21-18(20-12)15-7-5-10-24(11-15)28(25,26)17-13(2)22-27-14(17)3/h15H,5-11H2,1-4H3/t15-/m0/s1. The summed E-state index contributed by atoms with van der Waals surface area (Å²) in [5, 5.41) is 3.81. The minimum atomic E-state index is -3.65. The summed E-state index contributed by atoms with van der Waals surface area (Å²) >= 11 is 0. The summed E-state index contributed by atoms with van der Waals surface area (Å²) in [6.45, 7) is 7.20. The van der Waals surface area contributed by atoms with E-state index in [-0.39, 0.29) is 10.8 Å². The van der Waals surface area contributed by atoms with Crippen LogP contribution >= 0.6 is 0 Å². The maximum absolute atomic E-state index is 13.2. The molecule has 4 heterocycles. The molecular weight excluding hydrogens is 378 g/mol. The van der Waals surface area contributed by atoms with Crippen molar-refractivity contribution >= 4 is 15.8 Å². The van der Waals surface area contributed by atoms with Crippen molar-refractivity contribution in [3.8, 4) is 0 Å². The number of aryl methyl sites for hydroxylation is 3. The van der Waals surface area contributed by atoms with Crippen LogP contribution in [-0.4, -0.2) is 54.5 Å². The van der Waals surface area contributed by atoms with Crippen LogP contribution < -0.4 is 4.90 Å². The molecule has 0 aromatic carbocycles. The van der Waals surface area contributed by atoms with Gasteiger partial charge in [-0.1, -0.05) is 5.16 Å². The Balaban J connectivity index is 1.65. The molecule has 0 saturated carbocycles. The quantitative estimate of drug-likeness (QED) is 0.774. The lowest BCUT2D eigenvalue weighted by atomic mass is 9.97. The average Bonchev–Trinajstić information content (AvgIpc) is 3.01. The second kappa shape index (κ2) is 7.11. The van der Waals surface area contributed by atoms with E-state index in [1.165, 1.54) is 9.87 Å².